The summed E-state index contributed by atoms with van der Waals surface area (Å²) in [4.78, 5) is 24.3. The van der Waals surface area contributed by atoms with E-state index >= 15 is 0 Å². The molecular weight excluding hydrogens is 352 g/mol. The number of hydrogen-bond acceptors (Lipinski definition) is 8. The topological polar surface area (TPSA) is 89.4 Å². The monoisotopic (exact) mass is 374 g/mol. The van der Waals surface area contributed by atoms with Gasteiger partial charge >= 0.3 is 0 Å². The summed E-state index contributed by atoms with van der Waals surface area (Å²) in [6.07, 6.45) is 3.72. The van der Waals surface area contributed by atoms with E-state index in [1.807, 2.05) is 13.8 Å². The van der Waals surface area contributed by atoms with Crippen LogP contribution < -0.4 is 10.5 Å². The van der Waals surface area contributed by atoms with Gasteiger partial charge in [-0.1, -0.05) is 43.7 Å². The first-order valence-corrected chi connectivity index (χ1v) is 9.88. The predicted octanol–water partition coefficient (Wildman–Crippen LogP) is 2.95. The van der Waals surface area contributed by atoms with E-state index < -0.39 is 0 Å². The van der Waals surface area contributed by atoms with Gasteiger partial charge in [0.15, 0.2) is 5.82 Å². The SMILES string of the molecule is CCCc1cc(=O)n2nc(N3CCCC3c3noc(C(C)C)n3)sc2n1. The smallest absolute Gasteiger partial charge is 0.275 e. The van der Waals surface area contributed by atoms with E-state index in [2.05, 4.69) is 32.0 Å². The molecule has 4 rings (SSSR count). The molecule has 0 bridgehead atoms. The van der Waals surface area contributed by atoms with Crippen LogP contribution in [0.3, 0.4) is 0 Å². The van der Waals surface area contributed by atoms with Crippen molar-refractivity contribution >= 4 is 21.4 Å². The zero-order valence-corrected chi connectivity index (χ0v) is 16.0. The third-order valence-electron chi connectivity index (χ3n) is 4.54. The fraction of sp³-hybridized carbons (Fsp3) is 0.588. The molecule has 1 aliphatic heterocycles. The molecule has 3 aromatic rings. The highest BCUT2D eigenvalue weighted by Gasteiger charge is 2.32. The van der Waals surface area contributed by atoms with Crippen LogP contribution in [0.15, 0.2) is 15.4 Å². The van der Waals surface area contributed by atoms with Crippen molar-refractivity contribution in [2.24, 2.45) is 0 Å². The maximum Gasteiger partial charge on any atom is 0.275 e. The predicted molar refractivity (Wildman–Crippen MR) is 98.8 cm³/mol. The van der Waals surface area contributed by atoms with Crippen LogP contribution in [0.2, 0.25) is 0 Å². The fourth-order valence-corrected chi connectivity index (χ4v) is 4.23. The Hall–Kier alpha value is -2.29. The summed E-state index contributed by atoms with van der Waals surface area (Å²) in [5.41, 5.74) is 0.698. The van der Waals surface area contributed by atoms with Crippen LogP contribution in [0.25, 0.3) is 4.96 Å². The summed E-state index contributed by atoms with van der Waals surface area (Å²) in [6.45, 7) is 6.99. The molecule has 1 unspecified atom stereocenters. The Morgan fingerprint density at radius 3 is 2.96 bits per heavy atom. The number of hydrogen-bond donors (Lipinski definition) is 0. The Balaban J connectivity index is 1.69. The lowest BCUT2D eigenvalue weighted by Crippen LogP contribution is -2.24. The van der Waals surface area contributed by atoms with E-state index in [1.54, 1.807) is 6.07 Å². The van der Waals surface area contributed by atoms with Crippen LogP contribution in [0.1, 0.15) is 69.4 Å². The van der Waals surface area contributed by atoms with E-state index in [0.29, 0.717) is 16.7 Å². The lowest BCUT2D eigenvalue weighted by molar-refractivity contribution is 0.358. The highest BCUT2D eigenvalue weighted by atomic mass is 32.1. The molecule has 26 heavy (non-hydrogen) atoms. The first-order valence-electron chi connectivity index (χ1n) is 9.06. The zero-order chi connectivity index (χ0) is 18.3. The van der Waals surface area contributed by atoms with Gasteiger partial charge in [0.05, 0.1) is 6.04 Å². The minimum absolute atomic E-state index is 0.0256. The van der Waals surface area contributed by atoms with Gasteiger partial charge in [-0.3, -0.25) is 4.79 Å². The Labute approximate surface area is 154 Å². The lowest BCUT2D eigenvalue weighted by Gasteiger charge is -2.20. The van der Waals surface area contributed by atoms with Crippen LogP contribution in [0.5, 0.6) is 0 Å². The van der Waals surface area contributed by atoms with E-state index in [9.17, 15) is 4.79 Å². The highest BCUT2D eigenvalue weighted by molar-refractivity contribution is 7.20. The van der Waals surface area contributed by atoms with E-state index in [4.69, 9.17) is 4.52 Å². The van der Waals surface area contributed by atoms with Crippen molar-refractivity contribution in [3.8, 4) is 0 Å². The standard InChI is InChI=1S/C17H22N6O2S/c1-4-6-11-9-13(24)23-16(18-11)26-17(20-23)22-8-5-7-12(22)14-19-15(10(2)3)25-21-14/h9-10,12H,4-8H2,1-3H3. The number of aromatic nitrogens is 5. The van der Waals surface area contributed by atoms with Crippen molar-refractivity contribution in [2.75, 3.05) is 11.4 Å². The Morgan fingerprint density at radius 2 is 2.23 bits per heavy atom. The third kappa shape index (κ3) is 3.00. The molecule has 3 aromatic heterocycles. The first kappa shape index (κ1) is 17.1. The molecule has 9 heteroatoms. The van der Waals surface area contributed by atoms with Crippen LogP contribution in [-0.2, 0) is 6.42 Å². The van der Waals surface area contributed by atoms with Crippen LogP contribution in [0.4, 0.5) is 5.13 Å². The van der Waals surface area contributed by atoms with Gasteiger partial charge in [-0.05, 0) is 19.3 Å². The maximum atomic E-state index is 12.3. The Morgan fingerprint density at radius 1 is 1.38 bits per heavy atom. The van der Waals surface area contributed by atoms with Gasteiger partial charge in [0.2, 0.25) is 16.0 Å². The van der Waals surface area contributed by atoms with Gasteiger partial charge in [0, 0.05) is 24.2 Å². The van der Waals surface area contributed by atoms with Crippen molar-refractivity contribution in [1.82, 2.24) is 24.7 Å². The molecule has 1 saturated heterocycles. The maximum absolute atomic E-state index is 12.3. The average Bonchev–Trinajstić information content (AvgIpc) is 3.33. The van der Waals surface area contributed by atoms with Crippen molar-refractivity contribution in [1.29, 1.82) is 0 Å². The van der Waals surface area contributed by atoms with Crippen LogP contribution in [-0.4, -0.2) is 31.3 Å². The van der Waals surface area contributed by atoms with Crippen molar-refractivity contribution in [3.63, 3.8) is 0 Å². The van der Waals surface area contributed by atoms with E-state index in [0.717, 1.165) is 43.1 Å². The Bertz CT molecular complexity index is 975. The number of fused-ring (bicyclic) bond motifs is 1. The van der Waals surface area contributed by atoms with Gasteiger partial charge in [0.1, 0.15) is 0 Å². The quantitative estimate of drug-likeness (QED) is 0.678. The second kappa shape index (κ2) is 6.79. The van der Waals surface area contributed by atoms with Gasteiger partial charge in [-0.2, -0.15) is 9.50 Å². The minimum atomic E-state index is -0.127. The second-order valence-electron chi connectivity index (χ2n) is 6.91. The molecule has 0 aliphatic carbocycles. The summed E-state index contributed by atoms with van der Waals surface area (Å²) in [7, 11) is 0. The van der Waals surface area contributed by atoms with Crippen molar-refractivity contribution in [2.45, 2.75) is 58.4 Å². The van der Waals surface area contributed by atoms with Gasteiger partial charge in [-0.15, -0.1) is 5.10 Å². The van der Waals surface area contributed by atoms with Crippen LogP contribution in [0, 0.1) is 0 Å². The van der Waals surface area contributed by atoms with Gasteiger partial charge < -0.3 is 9.42 Å². The van der Waals surface area contributed by atoms with E-state index in [1.165, 1.54) is 15.9 Å². The number of rotatable bonds is 5. The largest absolute Gasteiger partial charge is 0.339 e. The highest BCUT2D eigenvalue weighted by Crippen LogP contribution is 2.36. The number of aryl methyl sites for hydroxylation is 1. The molecular formula is C17H22N6O2S. The molecule has 0 radical (unpaired) electrons. The second-order valence-corrected chi connectivity index (χ2v) is 7.85. The van der Waals surface area contributed by atoms with E-state index in [-0.39, 0.29) is 17.5 Å². The summed E-state index contributed by atoms with van der Waals surface area (Å²) < 4.78 is 6.76. The van der Waals surface area contributed by atoms with Crippen molar-refractivity contribution < 1.29 is 4.52 Å². The van der Waals surface area contributed by atoms with Gasteiger partial charge in [-0.25, -0.2) is 4.98 Å². The summed E-state index contributed by atoms with van der Waals surface area (Å²) >= 11 is 1.44. The molecule has 1 atom stereocenters. The van der Waals surface area contributed by atoms with Gasteiger partial charge in [0.25, 0.3) is 5.56 Å². The normalized spacial score (nSPS) is 17.7. The molecule has 8 nitrogen and oxygen atoms in total. The third-order valence-corrected chi connectivity index (χ3v) is 5.49. The molecule has 138 valence electrons. The molecule has 4 heterocycles. The lowest BCUT2D eigenvalue weighted by atomic mass is 10.2. The zero-order valence-electron chi connectivity index (χ0n) is 15.2. The minimum Gasteiger partial charge on any atom is -0.339 e. The number of anilines is 1. The summed E-state index contributed by atoms with van der Waals surface area (Å²) in [5.74, 6) is 1.55. The average molecular weight is 374 g/mol. The molecule has 0 N–H and O–H groups in total. The molecule has 1 aliphatic rings. The summed E-state index contributed by atoms with van der Waals surface area (Å²) in [6, 6.07) is 1.60. The molecule has 0 aromatic carbocycles. The van der Waals surface area contributed by atoms with Crippen LogP contribution >= 0.6 is 11.3 Å². The molecule has 1 fully saturated rings. The molecule has 0 amide bonds. The summed E-state index contributed by atoms with van der Waals surface area (Å²) in [5, 5.41) is 9.46. The Kier molecular flexibility index (Phi) is 4.47. The van der Waals surface area contributed by atoms with Crippen molar-refractivity contribution in [3.05, 3.63) is 33.8 Å². The first-order chi connectivity index (χ1) is 12.6. The number of nitrogens with zero attached hydrogens (tertiary/aromatic N) is 6. The molecule has 0 saturated carbocycles. The molecule has 0 spiro atoms. The fourth-order valence-electron chi connectivity index (χ4n) is 3.23.